The van der Waals surface area contributed by atoms with Gasteiger partial charge in [0.1, 0.15) is 18.0 Å². The van der Waals surface area contributed by atoms with E-state index in [9.17, 15) is 34.7 Å². The molecule has 3 aromatic carbocycles. The summed E-state index contributed by atoms with van der Waals surface area (Å²) in [6.45, 7) is 1.93. The Labute approximate surface area is 221 Å². The topological polar surface area (TPSA) is 176 Å². The molecule has 0 spiro atoms. The van der Waals surface area contributed by atoms with Crippen LogP contribution in [0, 0.1) is 37.4 Å². The predicted octanol–water partition coefficient (Wildman–Crippen LogP) is 5.94. The number of rotatable bonds is 11. The Hall–Kier alpha value is -5.45. The first-order chi connectivity index (χ1) is 18.7. The number of nitrogens with zero attached hydrogens (tertiary/aromatic N) is 6. The second kappa shape index (κ2) is 12.7. The Morgan fingerprint density at radius 2 is 1.74 bits per heavy atom. The highest BCUT2D eigenvalue weighted by Gasteiger charge is 2.25. The molecule has 0 atom stereocenters. The monoisotopic (exact) mass is 535 g/mol. The number of azo groups is 1. The van der Waals surface area contributed by atoms with Gasteiger partial charge in [-0.15, -0.1) is 10.2 Å². The van der Waals surface area contributed by atoms with Crippen LogP contribution in [0.15, 0.2) is 64.8 Å². The van der Waals surface area contributed by atoms with Gasteiger partial charge in [-0.1, -0.05) is 37.3 Å². The molecule has 1 amide bonds. The SMILES string of the molecule is CCC(=O)Nc1cc(N(CC#N)Cc2ccccc2)c(OC)cc1N=Nc1cc(F)c([N+](=O)[O-])cc1[N+](=O)[O-]. The van der Waals surface area contributed by atoms with E-state index in [4.69, 9.17) is 4.74 Å². The number of hydrogen-bond acceptors (Lipinski definition) is 10. The van der Waals surface area contributed by atoms with Crippen molar-refractivity contribution in [3.05, 3.63) is 86.2 Å². The number of anilines is 2. The second-order valence-corrected chi connectivity index (χ2v) is 7.95. The molecule has 0 aliphatic carbocycles. The first-order valence-corrected chi connectivity index (χ1v) is 11.4. The van der Waals surface area contributed by atoms with Crippen molar-refractivity contribution >= 4 is 40.0 Å². The minimum absolute atomic E-state index is 0.00192. The van der Waals surface area contributed by atoms with Gasteiger partial charge in [0, 0.05) is 25.1 Å². The lowest BCUT2D eigenvalue weighted by Gasteiger charge is -2.25. The zero-order chi connectivity index (χ0) is 28.5. The third-order valence-corrected chi connectivity index (χ3v) is 5.41. The van der Waals surface area contributed by atoms with Crippen LogP contribution in [0.1, 0.15) is 18.9 Å². The van der Waals surface area contributed by atoms with Gasteiger partial charge in [-0.25, -0.2) is 0 Å². The predicted molar refractivity (Wildman–Crippen MR) is 139 cm³/mol. The average Bonchev–Trinajstić information content (AvgIpc) is 2.91. The zero-order valence-corrected chi connectivity index (χ0v) is 20.8. The van der Waals surface area contributed by atoms with Crippen molar-refractivity contribution in [3.8, 4) is 11.8 Å². The van der Waals surface area contributed by atoms with Gasteiger partial charge in [0.15, 0.2) is 5.69 Å². The molecule has 0 aliphatic heterocycles. The molecular weight excluding hydrogens is 513 g/mol. The minimum atomic E-state index is -1.33. The summed E-state index contributed by atoms with van der Waals surface area (Å²) in [5, 5.41) is 42.3. The largest absolute Gasteiger partial charge is 0.494 e. The van der Waals surface area contributed by atoms with Crippen molar-refractivity contribution in [1.82, 2.24) is 0 Å². The Bertz CT molecular complexity index is 1470. The van der Waals surface area contributed by atoms with Gasteiger partial charge in [0.2, 0.25) is 11.7 Å². The molecule has 3 rings (SSSR count). The number of nitrogens with one attached hydrogen (secondary N) is 1. The van der Waals surface area contributed by atoms with Crippen LogP contribution in [0.3, 0.4) is 0 Å². The van der Waals surface area contributed by atoms with Gasteiger partial charge < -0.3 is 15.0 Å². The van der Waals surface area contributed by atoms with Crippen LogP contribution in [-0.2, 0) is 11.3 Å². The Balaban J connectivity index is 2.14. The van der Waals surface area contributed by atoms with E-state index in [1.807, 2.05) is 30.3 Å². The quantitative estimate of drug-likeness (QED) is 0.136. The molecule has 0 saturated heterocycles. The number of carbonyl (C=O) groups is 1. The highest BCUT2D eigenvalue weighted by atomic mass is 19.1. The molecule has 0 bridgehead atoms. The van der Waals surface area contributed by atoms with Crippen molar-refractivity contribution < 1.29 is 23.8 Å². The first kappa shape index (κ1) is 28.1. The minimum Gasteiger partial charge on any atom is -0.494 e. The van der Waals surface area contributed by atoms with Crippen molar-refractivity contribution in [2.24, 2.45) is 10.2 Å². The lowest BCUT2D eigenvalue weighted by Crippen LogP contribution is -2.24. The number of hydrogen-bond donors (Lipinski definition) is 1. The molecule has 13 nitrogen and oxygen atoms in total. The molecule has 0 radical (unpaired) electrons. The number of ether oxygens (including phenoxy) is 1. The number of halogens is 1. The van der Waals surface area contributed by atoms with E-state index >= 15 is 0 Å². The summed E-state index contributed by atoms with van der Waals surface area (Å²) >= 11 is 0. The van der Waals surface area contributed by atoms with Crippen LogP contribution in [0.4, 0.5) is 38.5 Å². The second-order valence-electron chi connectivity index (χ2n) is 7.95. The number of nitro benzene ring substituents is 2. The van der Waals surface area contributed by atoms with Crippen LogP contribution < -0.4 is 15.0 Å². The molecule has 0 aromatic heterocycles. The van der Waals surface area contributed by atoms with Crippen molar-refractivity contribution in [1.29, 1.82) is 5.26 Å². The van der Waals surface area contributed by atoms with Crippen molar-refractivity contribution in [2.45, 2.75) is 19.9 Å². The molecule has 3 aromatic rings. The summed E-state index contributed by atoms with van der Waals surface area (Å²) in [5.74, 6) is -1.47. The van der Waals surface area contributed by atoms with Crippen LogP contribution in [0.2, 0.25) is 0 Å². The lowest BCUT2D eigenvalue weighted by atomic mass is 10.1. The number of methoxy groups -OCH3 is 1. The Morgan fingerprint density at radius 1 is 1.08 bits per heavy atom. The maximum absolute atomic E-state index is 14.2. The Kier molecular flexibility index (Phi) is 9.14. The van der Waals surface area contributed by atoms with Gasteiger partial charge >= 0.3 is 11.4 Å². The van der Waals surface area contributed by atoms with Gasteiger partial charge in [-0.2, -0.15) is 9.65 Å². The van der Waals surface area contributed by atoms with E-state index < -0.39 is 32.7 Å². The lowest BCUT2D eigenvalue weighted by molar-refractivity contribution is -0.395. The van der Waals surface area contributed by atoms with Crippen LogP contribution in [-0.4, -0.2) is 29.4 Å². The van der Waals surface area contributed by atoms with Gasteiger partial charge in [0.05, 0.1) is 40.5 Å². The summed E-state index contributed by atoms with van der Waals surface area (Å²) in [4.78, 5) is 34.4. The highest BCUT2D eigenvalue weighted by Crippen LogP contribution is 2.41. The normalized spacial score (nSPS) is 10.6. The number of nitro groups is 2. The fourth-order valence-electron chi connectivity index (χ4n) is 3.52. The van der Waals surface area contributed by atoms with Gasteiger partial charge in [-0.05, 0) is 11.6 Å². The number of nitriles is 1. The summed E-state index contributed by atoms with van der Waals surface area (Å²) < 4.78 is 19.7. The number of carbonyl (C=O) groups excluding carboxylic acids is 1. The molecule has 39 heavy (non-hydrogen) atoms. The fourth-order valence-corrected chi connectivity index (χ4v) is 3.52. The summed E-state index contributed by atoms with van der Waals surface area (Å²) in [5.41, 5.74) is -0.999. The van der Waals surface area contributed by atoms with Crippen LogP contribution in [0.5, 0.6) is 5.75 Å². The molecule has 1 N–H and O–H groups in total. The number of amides is 1. The zero-order valence-electron chi connectivity index (χ0n) is 20.8. The molecule has 0 heterocycles. The van der Waals surface area contributed by atoms with Crippen LogP contribution in [0.25, 0.3) is 0 Å². The van der Waals surface area contributed by atoms with Crippen LogP contribution >= 0.6 is 0 Å². The van der Waals surface area contributed by atoms with E-state index in [1.165, 1.54) is 19.2 Å². The van der Waals surface area contributed by atoms with E-state index in [-0.39, 0.29) is 36.0 Å². The summed E-state index contributed by atoms with van der Waals surface area (Å²) in [6.07, 6.45) is 0.114. The maximum Gasteiger partial charge on any atom is 0.311 e. The van der Waals surface area contributed by atoms with E-state index in [1.54, 1.807) is 11.8 Å². The molecular formula is C25H22FN7O6. The van der Waals surface area contributed by atoms with Gasteiger partial charge in [0.25, 0.3) is 0 Å². The van der Waals surface area contributed by atoms with E-state index in [0.717, 1.165) is 5.56 Å². The van der Waals surface area contributed by atoms with Crippen molar-refractivity contribution in [3.63, 3.8) is 0 Å². The van der Waals surface area contributed by atoms with Crippen molar-refractivity contribution in [2.75, 3.05) is 23.9 Å². The summed E-state index contributed by atoms with van der Waals surface area (Å²) in [6, 6.07) is 15.3. The van der Waals surface area contributed by atoms with E-state index in [0.29, 0.717) is 24.4 Å². The van der Waals surface area contributed by atoms with E-state index in [2.05, 4.69) is 21.6 Å². The summed E-state index contributed by atoms with van der Waals surface area (Å²) in [7, 11) is 1.38. The first-order valence-electron chi connectivity index (χ1n) is 11.4. The Morgan fingerprint density at radius 3 is 2.33 bits per heavy atom. The smallest absolute Gasteiger partial charge is 0.311 e. The number of benzene rings is 3. The highest BCUT2D eigenvalue weighted by molar-refractivity contribution is 5.95. The standard InChI is InChI=1S/C25H22FN7O6/c1-3-25(34)28-18-12-23(31(10-9-27)15-16-7-5-4-6-8-16)24(39-2)13-19(18)29-30-20-11-17(26)21(32(35)36)14-22(20)33(37)38/h4-8,11-14H,3,10,15H2,1-2H3,(H,28,34). The molecule has 0 aliphatic rings. The third-order valence-electron chi connectivity index (χ3n) is 5.41. The maximum atomic E-state index is 14.2. The molecule has 0 fully saturated rings. The van der Waals surface area contributed by atoms with Gasteiger partial charge in [-0.3, -0.25) is 25.0 Å². The fraction of sp³-hybridized carbons (Fsp3) is 0.200. The molecule has 0 saturated carbocycles. The third kappa shape index (κ3) is 6.86. The molecule has 0 unspecified atom stereocenters. The molecule has 14 heteroatoms. The molecule has 200 valence electrons. The average molecular weight is 535 g/mol.